The van der Waals surface area contributed by atoms with Crippen molar-refractivity contribution in [1.29, 1.82) is 0 Å². The molecule has 0 aromatic heterocycles. The van der Waals surface area contributed by atoms with Gasteiger partial charge in [0.15, 0.2) is 0 Å². The molecule has 1 aliphatic carbocycles. The SMILES string of the molecule is C=C(Cl)C(=O)N1CC2CCC1C2. The third kappa shape index (κ3) is 1.14. The van der Waals surface area contributed by atoms with Crippen LogP contribution in [0.25, 0.3) is 0 Å². The quantitative estimate of drug-likeness (QED) is 0.570. The van der Waals surface area contributed by atoms with Crippen molar-refractivity contribution in [3.63, 3.8) is 0 Å². The van der Waals surface area contributed by atoms with Gasteiger partial charge in [-0.1, -0.05) is 18.2 Å². The third-order valence-corrected chi connectivity index (χ3v) is 3.06. The summed E-state index contributed by atoms with van der Waals surface area (Å²) in [4.78, 5) is 13.3. The Morgan fingerprint density at radius 2 is 2.25 bits per heavy atom. The van der Waals surface area contributed by atoms with Crippen molar-refractivity contribution in [2.45, 2.75) is 25.3 Å². The van der Waals surface area contributed by atoms with Gasteiger partial charge in [0.1, 0.15) is 0 Å². The zero-order valence-electron chi connectivity index (χ0n) is 6.92. The van der Waals surface area contributed by atoms with Gasteiger partial charge in [-0.05, 0) is 25.2 Å². The Hall–Kier alpha value is -0.500. The number of amides is 1. The molecule has 66 valence electrons. The van der Waals surface area contributed by atoms with E-state index in [1.54, 1.807) is 0 Å². The maximum Gasteiger partial charge on any atom is 0.264 e. The number of halogens is 1. The number of rotatable bonds is 1. The van der Waals surface area contributed by atoms with Crippen molar-refractivity contribution in [2.75, 3.05) is 6.54 Å². The normalized spacial score (nSPS) is 32.6. The van der Waals surface area contributed by atoms with E-state index in [1.807, 2.05) is 4.90 Å². The zero-order valence-corrected chi connectivity index (χ0v) is 7.68. The summed E-state index contributed by atoms with van der Waals surface area (Å²) in [6.45, 7) is 4.36. The predicted octanol–water partition coefficient (Wildman–Crippen LogP) is 1.75. The predicted molar refractivity (Wildman–Crippen MR) is 47.8 cm³/mol. The summed E-state index contributed by atoms with van der Waals surface area (Å²) in [5.74, 6) is 0.666. The van der Waals surface area contributed by atoms with E-state index in [9.17, 15) is 4.79 Å². The molecule has 1 aliphatic heterocycles. The fraction of sp³-hybridized carbons (Fsp3) is 0.667. The van der Waals surface area contributed by atoms with E-state index < -0.39 is 0 Å². The lowest BCUT2D eigenvalue weighted by Gasteiger charge is -2.26. The molecule has 0 radical (unpaired) electrons. The largest absolute Gasteiger partial charge is 0.335 e. The highest BCUT2D eigenvalue weighted by Gasteiger charge is 2.40. The van der Waals surface area contributed by atoms with Crippen molar-refractivity contribution in [2.24, 2.45) is 5.92 Å². The minimum absolute atomic E-state index is 0.0659. The van der Waals surface area contributed by atoms with Crippen LogP contribution in [0.15, 0.2) is 11.6 Å². The molecule has 2 aliphatic rings. The van der Waals surface area contributed by atoms with Gasteiger partial charge in [0.05, 0.1) is 5.03 Å². The van der Waals surface area contributed by atoms with Gasteiger partial charge in [-0.25, -0.2) is 0 Å². The van der Waals surface area contributed by atoms with Crippen LogP contribution in [0.3, 0.4) is 0 Å². The van der Waals surface area contributed by atoms with Gasteiger partial charge >= 0.3 is 0 Å². The fourth-order valence-electron chi connectivity index (χ4n) is 2.33. The minimum atomic E-state index is -0.0659. The van der Waals surface area contributed by atoms with Crippen LogP contribution in [0.2, 0.25) is 0 Å². The summed E-state index contributed by atoms with van der Waals surface area (Å²) in [5.41, 5.74) is 0. The van der Waals surface area contributed by atoms with Crippen LogP contribution < -0.4 is 0 Å². The number of fused-ring (bicyclic) bond motifs is 2. The van der Waals surface area contributed by atoms with Gasteiger partial charge in [-0.3, -0.25) is 4.79 Å². The Bertz CT molecular complexity index is 239. The summed E-state index contributed by atoms with van der Waals surface area (Å²) in [6.07, 6.45) is 3.61. The molecule has 3 heteroatoms. The van der Waals surface area contributed by atoms with Gasteiger partial charge in [-0.2, -0.15) is 0 Å². The van der Waals surface area contributed by atoms with E-state index in [-0.39, 0.29) is 10.9 Å². The number of hydrogen-bond acceptors (Lipinski definition) is 1. The Morgan fingerprint density at radius 1 is 1.50 bits per heavy atom. The third-order valence-electron chi connectivity index (χ3n) is 2.90. The van der Waals surface area contributed by atoms with Crippen LogP contribution in [0.5, 0.6) is 0 Å². The highest BCUT2D eigenvalue weighted by atomic mass is 35.5. The summed E-state index contributed by atoms with van der Waals surface area (Å²) in [5, 5.41) is 0.155. The van der Waals surface area contributed by atoms with Crippen molar-refractivity contribution in [3.05, 3.63) is 11.6 Å². The maximum absolute atomic E-state index is 11.4. The molecule has 1 saturated heterocycles. The van der Waals surface area contributed by atoms with Crippen molar-refractivity contribution < 1.29 is 4.79 Å². The first-order chi connectivity index (χ1) is 5.68. The summed E-state index contributed by atoms with van der Waals surface area (Å²) in [6, 6.07) is 0.456. The number of likely N-dealkylation sites (tertiary alicyclic amines) is 1. The van der Waals surface area contributed by atoms with Gasteiger partial charge in [0, 0.05) is 12.6 Å². The second-order valence-electron chi connectivity index (χ2n) is 3.70. The number of carbonyl (C=O) groups is 1. The Kier molecular flexibility index (Phi) is 1.87. The summed E-state index contributed by atoms with van der Waals surface area (Å²) >= 11 is 5.56. The highest BCUT2D eigenvalue weighted by Crippen LogP contribution is 2.37. The average Bonchev–Trinajstić information content (AvgIpc) is 2.62. The second-order valence-corrected chi connectivity index (χ2v) is 4.15. The minimum Gasteiger partial charge on any atom is -0.335 e. The van der Waals surface area contributed by atoms with Crippen LogP contribution in [0.1, 0.15) is 19.3 Å². The molecule has 1 heterocycles. The molecule has 0 aromatic carbocycles. The van der Waals surface area contributed by atoms with Crippen LogP contribution in [-0.2, 0) is 4.79 Å². The van der Waals surface area contributed by atoms with E-state index in [0.717, 1.165) is 18.9 Å². The standard InChI is InChI=1S/C9H12ClNO/c1-6(10)9(12)11-5-7-2-3-8(11)4-7/h7-8H,1-5H2. The van der Waals surface area contributed by atoms with E-state index in [2.05, 4.69) is 6.58 Å². The second kappa shape index (κ2) is 2.77. The lowest BCUT2D eigenvalue weighted by atomic mass is 10.1. The molecule has 2 nitrogen and oxygen atoms in total. The maximum atomic E-state index is 11.4. The monoisotopic (exact) mass is 185 g/mol. The van der Waals surface area contributed by atoms with E-state index in [0.29, 0.717) is 6.04 Å². The van der Waals surface area contributed by atoms with Gasteiger partial charge in [0.2, 0.25) is 0 Å². The number of nitrogens with zero attached hydrogens (tertiary/aromatic N) is 1. The Balaban J connectivity index is 2.07. The lowest BCUT2D eigenvalue weighted by Crippen LogP contribution is -2.37. The molecule has 2 atom stereocenters. The molecule has 0 N–H and O–H groups in total. The first-order valence-electron chi connectivity index (χ1n) is 4.34. The molecule has 2 rings (SSSR count). The van der Waals surface area contributed by atoms with Crippen LogP contribution in [-0.4, -0.2) is 23.4 Å². The van der Waals surface area contributed by atoms with Crippen LogP contribution in [0.4, 0.5) is 0 Å². The topological polar surface area (TPSA) is 20.3 Å². The molecule has 2 fully saturated rings. The van der Waals surface area contributed by atoms with Gasteiger partial charge in [0.25, 0.3) is 5.91 Å². The first-order valence-corrected chi connectivity index (χ1v) is 4.71. The van der Waals surface area contributed by atoms with E-state index >= 15 is 0 Å². The Morgan fingerprint density at radius 3 is 2.67 bits per heavy atom. The van der Waals surface area contributed by atoms with Gasteiger partial charge in [-0.15, -0.1) is 0 Å². The first kappa shape index (κ1) is 8.11. The molecule has 0 aromatic rings. The van der Waals surface area contributed by atoms with Crippen molar-refractivity contribution >= 4 is 17.5 Å². The van der Waals surface area contributed by atoms with Crippen LogP contribution in [0, 0.1) is 5.92 Å². The average molecular weight is 186 g/mol. The lowest BCUT2D eigenvalue weighted by molar-refractivity contribution is -0.127. The molecule has 2 unspecified atom stereocenters. The molecular weight excluding hydrogens is 174 g/mol. The summed E-state index contributed by atoms with van der Waals surface area (Å²) in [7, 11) is 0. The summed E-state index contributed by atoms with van der Waals surface area (Å²) < 4.78 is 0. The molecule has 0 spiro atoms. The number of hydrogen-bond donors (Lipinski definition) is 0. The van der Waals surface area contributed by atoms with Gasteiger partial charge < -0.3 is 4.90 Å². The molecule has 1 amide bonds. The molecule has 12 heavy (non-hydrogen) atoms. The van der Waals surface area contributed by atoms with E-state index in [4.69, 9.17) is 11.6 Å². The van der Waals surface area contributed by atoms with Crippen molar-refractivity contribution in [3.8, 4) is 0 Å². The van der Waals surface area contributed by atoms with E-state index in [1.165, 1.54) is 12.8 Å². The number of piperidine rings is 1. The Labute approximate surface area is 77.2 Å². The number of carbonyl (C=O) groups excluding carboxylic acids is 1. The fourth-order valence-corrected chi connectivity index (χ4v) is 2.44. The van der Waals surface area contributed by atoms with Crippen molar-refractivity contribution in [1.82, 2.24) is 4.90 Å². The van der Waals surface area contributed by atoms with Crippen LogP contribution >= 0.6 is 11.6 Å². The highest BCUT2D eigenvalue weighted by molar-refractivity contribution is 6.41. The molecule has 2 bridgehead atoms. The smallest absolute Gasteiger partial charge is 0.264 e. The molecule has 1 saturated carbocycles. The zero-order chi connectivity index (χ0) is 8.72. The molecular formula is C9H12ClNO.